The fourth-order valence-corrected chi connectivity index (χ4v) is 2.74. The largest absolute Gasteiger partial charge is 0.380 e. The Labute approximate surface area is 115 Å². The summed E-state index contributed by atoms with van der Waals surface area (Å²) in [6.07, 6.45) is 0. The molecule has 0 aliphatic carbocycles. The van der Waals surface area contributed by atoms with Crippen molar-refractivity contribution < 1.29 is 13.2 Å². The standard InChI is InChI=1S/C13H22N2O3S/c1-4-18-10-9-15(3)19(16,17)13-7-5-12(6-8-13)11(2)14/h5-8,11H,4,9-10,14H2,1-3H3. The first kappa shape index (κ1) is 16.1. The highest BCUT2D eigenvalue weighted by Gasteiger charge is 2.20. The van der Waals surface area contributed by atoms with Crippen molar-refractivity contribution in [3.05, 3.63) is 29.8 Å². The molecule has 0 saturated heterocycles. The average molecular weight is 286 g/mol. The lowest BCUT2D eigenvalue weighted by molar-refractivity contribution is 0.138. The van der Waals surface area contributed by atoms with E-state index in [-0.39, 0.29) is 10.9 Å². The van der Waals surface area contributed by atoms with E-state index in [9.17, 15) is 8.42 Å². The minimum absolute atomic E-state index is 0.104. The van der Waals surface area contributed by atoms with Gasteiger partial charge >= 0.3 is 0 Å². The zero-order chi connectivity index (χ0) is 14.5. The molecule has 0 aliphatic rings. The summed E-state index contributed by atoms with van der Waals surface area (Å²) in [5.74, 6) is 0. The number of sulfonamides is 1. The molecule has 1 atom stereocenters. The van der Waals surface area contributed by atoms with Crippen molar-refractivity contribution in [3.63, 3.8) is 0 Å². The van der Waals surface area contributed by atoms with E-state index < -0.39 is 10.0 Å². The Kier molecular flexibility index (Phi) is 5.93. The lowest BCUT2D eigenvalue weighted by atomic mass is 10.1. The van der Waals surface area contributed by atoms with Crippen molar-refractivity contribution in [1.29, 1.82) is 0 Å². The Morgan fingerprint density at radius 1 is 1.32 bits per heavy atom. The molecular weight excluding hydrogens is 264 g/mol. The van der Waals surface area contributed by atoms with Crippen molar-refractivity contribution in [2.24, 2.45) is 5.73 Å². The van der Waals surface area contributed by atoms with Gasteiger partial charge in [0, 0.05) is 26.2 Å². The predicted molar refractivity (Wildman–Crippen MR) is 75.4 cm³/mol. The van der Waals surface area contributed by atoms with Crippen LogP contribution in [0.2, 0.25) is 0 Å². The number of ether oxygens (including phenoxy) is 1. The Morgan fingerprint density at radius 2 is 1.89 bits per heavy atom. The quantitative estimate of drug-likeness (QED) is 0.768. The minimum atomic E-state index is -3.45. The lowest BCUT2D eigenvalue weighted by Gasteiger charge is -2.17. The number of nitrogens with zero attached hydrogens (tertiary/aromatic N) is 1. The Balaban J connectivity index is 2.81. The summed E-state index contributed by atoms with van der Waals surface area (Å²) in [5, 5.41) is 0. The van der Waals surface area contributed by atoms with Crippen LogP contribution in [0, 0.1) is 0 Å². The van der Waals surface area contributed by atoms with Gasteiger partial charge in [-0.1, -0.05) is 12.1 Å². The van der Waals surface area contributed by atoms with Crippen molar-refractivity contribution in [1.82, 2.24) is 4.31 Å². The molecule has 19 heavy (non-hydrogen) atoms. The van der Waals surface area contributed by atoms with E-state index in [1.54, 1.807) is 31.3 Å². The molecule has 0 aromatic heterocycles. The van der Waals surface area contributed by atoms with Crippen molar-refractivity contribution >= 4 is 10.0 Å². The first-order valence-electron chi connectivity index (χ1n) is 6.29. The zero-order valence-corrected chi connectivity index (χ0v) is 12.5. The zero-order valence-electron chi connectivity index (χ0n) is 11.7. The normalized spacial score (nSPS) is 13.7. The van der Waals surface area contributed by atoms with Crippen molar-refractivity contribution in [2.75, 3.05) is 26.8 Å². The van der Waals surface area contributed by atoms with Gasteiger partial charge in [-0.25, -0.2) is 8.42 Å². The third-order valence-corrected chi connectivity index (χ3v) is 4.74. The molecule has 6 heteroatoms. The molecule has 1 aromatic rings. The topological polar surface area (TPSA) is 72.6 Å². The highest BCUT2D eigenvalue weighted by molar-refractivity contribution is 7.89. The van der Waals surface area contributed by atoms with Crippen LogP contribution < -0.4 is 5.73 Å². The molecule has 2 N–H and O–H groups in total. The number of hydrogen-bond acceptors (Lipinski definition) is 4. The molecule has 0 aliphatic heterocycles. The van der Waals surface area contributed by atoms with Gasteiger partial charge in [0.2, 0.25) is 10.0 Å². The lowest BCUT2D eigenvalue weighted by Crippen LogP contribution is -2.30. The maximum atomic E-state index is 12.2. The fraction of sp³-hybridized carbons (Fsp3) is 0.538. The molecule has 0 heterocycles. The van der Waals surface area contributed by atoms with E-state index in [0.717, 1.165) is 5.56 Å². The van der Waals surface area contributed by atoms with E-state index in [4.69, 9.17) is 10.5 Å². The van der Waals surface area contributed by atoms with Crippen LogP contribution in [0.1, 0.15) is 25.5 Å². The fourth-order valence-electron chi connectivity index (χ4n) is 1.58. The number of rotatable bonds is 7. The number of hydrogen-bond donors (Lipinski definition) is 1. The molecular formula is C13H22N2O3S. The van der Waals surface area contributed by atoms with E-state index in [0.29, 0.717) is 19.8 Å². The number of likely N-dealkylation sites (N-methyl/N-ethyl adjacent to an activating group) is 1. The first-order valence-corrected chi connectivity index (χ1v) is 7.73. The van der Waals surface area contributed by atoms with E-state index in [2.05, 4.69) is 0 Å². The van der Waals surface area contributed by atoms with Gasteiger partial charge < -0.3 is 10.5 Å². The van der Waals surface area contributed by atoms with Gasteiger partial charge in [-0.2, -0.15) is 4.31 Å². The molecule has 1 aromatic carbocycles. The second kappa shape index (κ2) is 7.00. The summed E-state index contributed by atoms with van der Waals surface area (Å²) in [7, 11) is -1.90. The molecule has 1 unspecified atom stereocenters. The Bertz CT molecular complexity index is 483. The highest BCUT2D eigenvalue weighted by atomic mass is 32.2. The van der Waals surface area contributed by atoms with Crippen LogP contribution >= 0.6 is 0 Å². The van der Waals surface area contributed by atoms with Crippen LogP contribution in [0.15, 0.2) is 29.2 Å². The molecule has 0 spiro atoms. The minimum Gasteiger partial charge on any atom is -0.380 e. The summed E-state index contributed by atoms with van der Waals surface area (Å²) in [5.41, 5.74) is 6.65. The Morgan fingerprint density at radius 3 is 2.37 bits per heavy atom. The predicted octanol–water partition coefficient (Wildman–Crippen LogP) is 1.36. The van der Waals surface area contributed by atoms with Crippen LogP contribution in [0.3, 0.4) is 0 Å². The van der Waals surface area contributed by atoms with Gasteiger partial charge in [-0.05, 0) is 31.5 Å². The summed E-state index contributed by atoms with van der Waals surface area (Å²) in [6.45, 7) is 5.05. The van der Waals surface area contributed by atoms with Crippen LogP contribution in [0.25, 0.3) is 0 Å². The molecule has 108 valence electrons. The summed E-state index contributed by atoms with van der Waals surface area (Å²) >= 11 is 0. The number of benzene rings is 1. The average Bonchev–Trinajstić information content (AvgIpc) is 2.39. The molecule has 5 nitrogen and oxygen atoms in total. The molecule has 1 rings (SSSR count). The SMILES string of the molecule is CCOCCN(C)S(=O)(=O)c1ccc(C(C)N)cc1. The van der Waals surface area contributed by atoms with Gasteiger partial charge in [-0.15, -0.1) is 0 Å². The van der Waals surface area contributed by atoms with Gasteiger partial charge in [-0.3, -0.25) is 0 Å². The second-order valence-corrected chi connectivity index (χ2v) is 6.43. The highest BCUT2D eigenvalue weighted by Crippen LogP contribution is 2.17. The molecule has 0 saturated carbocycles. The van der Waals surface area contributed by atoms with E-state index in [1.807, 2.05) is 13.8 Å². The molecule has 0 bridgehead atoms. The van der Waals surface area contributed by atoms with Crippen LogP contribution in [-0.2, 0) is 14.8 Å². The smallest absolute Gasteiger partial charge is 0.242 e. The monoisotopic (exact) mass is 286 g/mol. The van der Waals surface area contributed by atoms with Crippen LogP contribution in [0.5, 0.6) is 0 Å². The second-order valence-electron chi connectivity index (χ2n) is 4.38. The molecule has 0 fully saturated rings. The molecule has 0 radical (unpaired) electrons. The van der Waals surface area contributed by atoms with Gasteiger partial charge in [0.05, 0.1) is 11.5 Å². The van der Waals surface area contributed by atoms with Gasteiger partial charge in [0.15, 0.2) is 0 Å². The third-order valence-electron chi connectivity index (χ3n) is 2.87. The van der Waals surface area contributed by atoms with Gasteiger partial charge in [0.25, 0.3) is 0 Å². The maximum Gasteiger partial charge on any atom is 0.242 e. The third kappa shape index (κ3) is 4.28. The van der Waals surface area contributed by atoms with Gasteiger partial charge in [0.1, 0.15) is 0 Å². The van der Waals surface area contributed by atoms with Crippen LogP contribution in [0.4, 0.5) is 0 Å². The van der Waals surface area contributed by atoms with Crippen molar-refractivity contribution in [2.45, 2.75) is 24.8 Å². The van der Waals surface area contributed by atoms with Crippen LogP contribution in [-0.4, -0.2) is 39.5 Å². The molecule has 0 amide bonds. The maximum absolute atomic E-state index is 12.2. The van der Waals surface area contributed by atoms with E-state index >= 15 is 0 Å². The van der Waals surface area contributed by atoms with Crippen molar-refractivity contribution in [3.8, 4) is 0 Å². The number of nitrogens with two attached hydrogens (primary N) is 1. The Hall–Kier alpha value is -0.950. The summed E-state index contributed by atoms with van der Waals surface area (Å²) in [4.78, 5) is 0.274. The summed E-state index contributed by atoms with van der Waals surface area (Å²) in [6, 6.07) is 6.56. The summed E-state index contributed by atoms with van der Waals surface area (Å²) < 4.78 is 31.0. The first-order chi connectivity index (χ1) is 8.89. The van der Waals surface area contributed by atoms with E-state index in [1.165, 1.54) is 4.31 Å².